The van der Waals surface area contributed by atoms with E-state index in [9.17, 15) is 9.59 Å². The normalized spacial score (nSPS) is 12.5. The van der Waals surface area contributed by atoms with Crippen LogP contribution in [0.3, 0.4) is 0 Å². The molecule has 0 aliphatic carbocycles. The van der Waals surface area contributed by atoms with Crippen LogP contribution in [-0.4, -0.2) is 30.3 Å². The Bertz CT molecular complexity index is 1230. The fourth-order valence-corrected chi connectivity index (χ4v) is 3.41. The summed E-state index contributed by atoms with van der Waals surface area (Å²) in [5, 5.41) is 16.9. The molecule has 148 valence electrons. The summed E-state index contributed by atoms with van der Waals surface area (Å²) in [5.74, 6) is 0.701. The lowest BCUT2D eigenvalue weighted by Gasteiger charge is -2.19. The van der Waals surface area contributed by atoms with E-state index < -0.39 is 0 Å². The molecule has 0 radical (unpaired) electrons. The average Bonchev–Trinajstić information content (AvgIpc) is 3.14. The molecule has 29 heavy (non-hydrogen) atoms. The third kappa shape index (κ3) is 3.87. The average molecular weight is 390 g/mol. The molecule has 3 heterocycles. The van der Waals surface area contributed by atoms with Crippen molar-refractivity contribution in [1.29, 1.82) is 0 Å². The number of nitrogens with one attached hydrogen (secondary N) is 1. The monoisotopic (exact) mass is 390 g/mol. The number of hydrogen-bond donors (Lipinski definition) is 1. The standard InChI is InChI=1S/C21H22N6O2/c1-14(2)11-17(20-25-24-18-9-5-6-10-26(18)20)23-19(28)13-27-21(29)16-8-4-3-7-15(16)12-22-27/h3-10,12,14,17H,11,13H2,1-2H3,(H,23,28). The molecule has 0 saturated carbocycles. The molecule has 0 aliphatic rings. The SMILES string of the molecule is CC(C)CC(NC(=O)Cn1ncc2ccccc2c1=O)c1nnc2ccccn12. The van der Waals surface area contributed by atoms with Gasteiger partial charge in [0, 0.05) is 11.6 Å². The minimum atomic E-state index is -0.323. The number of carbonyl (C=O) groups is 1. The maximum Gasteiger partial charge on any atom is 0.275 e. The number of carbonyl (C=O) groups excluding carboxylic acids is 1. The molecule has 8 heteroatoms. The molecule has 0 bridgehead atoms. The predicted molar refractivity (Wildman–Crippen MR) is 109 cm³/mol. The molecule has 0 spiro atoms. The smallest absolute Gasteiger partial charge is 0.275 e. The van der Waals surface area contributed by atoms with Gasteiger partial charge in [-0.2, -0.15) is 5.10 Å². The first-order chi connectivity index (χ1) is 14.0. The minimum Gasteiger partial charge on any atom is -0.344 e. The third-order valence-electron chi connectivity index (χ3n) is 4.75. The summed E-state index contributed by atoms with van der Waals surface area (Å²) in [6.07, 6.45) is 4.17. The van der Waals surface area contributed by atoms with Gasteiger partial charge < -0.3 is 5.32 Å². The number of benzene rings is 1. The zero-order valence-electron chi connectivity index (χ0n) is 16.3. The molecule has 0 aliphatic heterocycles. The number of amides is 1. The van der Waals surface area contributed by atoms with Crippen LogP contribution in [0.5, 0.6) is 0 Å². The number of rotatable bonds is 6. The second-order valence-electron chi connectivity index (χ2n) is 7.43. The first-order valence-corrected chi connectivity index (χ1v) is 9.57. The molecular formula is C21H22N6O2. The van der Waals surface area contributed by atoms with Crippen molar-refractivity contribution in [3.8, 4) is 0 Å². The number of fused-ring (bicyclic) bond motifs is 2. The van der Waals surface area contributed by atoms with Crippen molar-refractivity contribution in [2.24, 2.45) is 5.92 Å². The maximum absolute atomic E-state index is 12.8. The van der Waals surface area contributed by atoms with E-state index in [1.807, 2.05) is 40.9 Å². The van der Waals surface area contributed by atoms with Gasteiger partial charge in [-0.25, -0.2) is 4.68 Å². The fourth-order valence-electron chi connectivity index (χ4n) is 3.41. The highest BCUT2D eigenvalue weighted by Gasteiger charge is 2.22. The van der Waals surface area contributed by atoms with E-state index in [2.05, 4.69) is 34.5 Å². The number of aromatic nitrogens is 5. The molecule has 1 N–H and O–H groups in total. The van der Waals surface area contributed by atoms with Crippen LogP contribution < -0.4 is 10.9 Å². The molecule has 1 amide bonds. The summed E-state index contributed by atoms with van der Waals surface area (Å²) in [5.41, 5.74) is 0.435. The van der Waals surface area contributed by atoms with Gasteiger partial charge in [0.15, 0.2) is 11.5 Å². The number of nitrogens with zero attached hydrogens (tertiary/aromatic N) is 5. The highest BCUT2D eigenvalue weighted by atomic mass is 16.2. The van der Waals surface area contributed by atoms with Crippen molar-refractivity contribution in [2.45, 2.75) is 32.9 Å². The molecular weight excluding hydrogens is 368 g/mol. The zero-order valence-corrected chi connectivity index (χ0v) is 16.3. The van der Waals surface area contributed by atoms with Crippen LogP contribution in [0, 0.1) is 5.92 Å². The van der Waals surface area contributed by atoms with E-state index in [-0.39, 0.29) is 24.1 Å². The van der Waals surface area contributed by atoms with Gasteiger partial charge in [-0.05, 0) is 30.5 Å². The van der Waals surface area contributed by atoms with Crippen molar-refractivity contribution in [2.75, 3.05) is 0 Å². The predicted octanol–water partition coefficient (Wildman–Crippen LogP) is 2.34. The highest BCUT2D eigenvalue weighted by Crippen LogP contribution is 2.20. The van der Waals surface area contributed by atoms with Gasteiger partial charge in [-0.15, -0.1) is 10.2 Å². The second kappa shape index (κ2) is 7.83. The summed E-state index contributed by atoms with van der Waals surface area (Å²) < 4.78 is 3.06. The minimum absolute atomic E-state index is 0.158. The van der Waals surface area contributed by atoms with E-state index >= 15 is 0 Å². The molecule has 0 saturated heterocycles. The van der Waals surface area contributed by atoms with E-state index in [1.54, 1.807) is 18.3 Å². The van der Waals surface area contributed by atoms with Crippen molar-refractivity contribution in [3.05, 3.63) is 71.0 Å². The van der Waals surface area contributed by atoms with E-state index in [0.717, 1.165) is 11.0 Å². The number of pyridine rings is 1. The van der Waals surface area contributed by atoms with Crippen LogP contribution in [-0.2, 0) is 11.3 Å². The summed E-state index contributed by atoms with van der Waals surface area (Å²) >= 11 is 0. The molecule has 4 aromatic rings. The first kappa shape index (κ1) is 18.8. The Morgan fingerprint density at radius 2 is 1.90 bits per heavy atom. The molecule has 4 rings (SSSR count). The molecule has 8 nitrogen and oxygen atoms in total. The third-order valence-corrected chi connectivity index (χ3v) is 4.75. The summed E-state index contributed by atoms with van der Waals surface area (Å²) in [6.45, 7) is 4.00. The lowest BCUT2D eigenvalue weighted by atomic mass is 10.0. The Labute approximate surface area is 167 Å². The maximum atomic E-state index is 12.8. The van der Waals surface area contributed by atoms with Gasteiger partial charge >= 0.3 is 0 Å². The summed E-state index contributed by atoms with van der Waals surface area (Å²) in [4.78, 5) is 25.4. The molecule has 0 fully saturated rings. The first-order valence-electron chi connectivity index (χ1n) is 9.57. The van der Waals surface area contributed by atoms with Crippen molar-refractivity contribution in [3.63, 3.8) is 0 Å². The molecule has 1 atom stereocenters. The van der Waals surface area contributed by atoms with Crippen LogP contribution in [0.15, 0.2) is 59.7 Å². The quantitative estimate of drug-likeness (QED) is 0.545. The van der Waals surface area contributed by atoms with Gasteiger partial charge in [-0.3, -0.25) is 14.0 Å². The van der Waals surface area contributed by atoms with Crippen LogP contribution in [0.2, 0.25) is 0 Å². The van der Waals surface area contributed by atoms with Crippen molar-refractivity contribution < 1.29 is 4.79 Å². The Kier molecular flexibility index (Phi) is 5.07. The second-order valence-corrected chi connectivity index (χ2v) is 7.43. The van der Waals surface area contributed by atoms with E-state index in [0.29, 0.717) is 23.5 Å². The molecule has 3 aromatic heterocycles. The lowest BCUT2D eigenvalue weighted by molar-refractivity contribution is -0.122. The highest BCUT2D eigenvalue weighted by molar-refractivity contribution is 5.81. The van der Waals surface area contributed by atoms with Crippen LogP contribution in [0.1, 0.15) is 32.1 Å². The molecule has 1 unspecified atom stereocenters. The van der Waals surface area contributed by atoms with E-state index in [4.69, 9.17) is 0 Å². The number of hydrogen-bond acceptors (Lipinski definition) is 5. The van der Waals surface area contributed by atoms with Gasteiger partial charge in [0.05, 0.1) is 17.6 Å². The molecule has 1 aromatic carbocycles. The van der Waals surface area contributed by atoms with Gasteiger partial charge in [0.2, 0.25) is 5.91 Å². The van der Waals surface area contributed by atoms with Gasteiger partial charge in [0.1, 0.15) is 6.54 Å². The van der Waals surface area contributed by atoms with Gasteiger partial charge in [-0.1, -0.05) is 38.1 Å². The van der Waals surface area contributed by atoms with E-state index in [1.165, 1.54) is 4.68 Å². The zero-order chi connectivity index (χ0) is 20.4. The fraction of sp³-hybridized carbons (Fsp3) is 0.286. The van der Waals surface area contributed by atoms with Crippen LogP contribution in [0.4, 0.5) is 0 Å². The van der Waals surface area contributed by atoms with Crippen LogP contribution >= 0.6 is 0 Å². The largest absolute Gasteiger partial charge is 0.344 e. The Morgan fingerprint density at radius 1 is 1.10 bits per heavy atom. The van der Waals surface area contributed by atoms with Crippen LogP contribution in [0.25, 0.3) is 16.4 Å². The summed E-state index contributed by atoms with van der Waals surface area (Å²) in [6, 6.07) is 12.5. The summed E-state index contributed by atoms with van der Waals surface area (Å²) in [7, 11) is 0. The topological polar surface area (TPSA) is 94.2 Å². The Balaban J connectivity index is 1.59. The van der Waals surface area contributed by atoms with Gasteiger partial charge in [0.25, 0.3) is 5.56 Å². The van der Waals surface area contributed by atoms with Crippen molar-refractivity contribution in [1.82, 2.24) is 29.7 Å². The Hall–Kier alpha value is -3.55. The Morgan fingerprint density at radius 3 is 2.72 bits per heavy atom. The van der Waals surface area contributed by atoms with Crippen molar-refractivity contribution >= 4 is 22.3 Å². The lowest BCUT2D eigenvalue weighted by Crippen LogP contribution is -2.36.